The van der Waals surface area contributed by atoms with E-state index in [9.17, 15) is 0 Å². The van der Waals surface area contributed by atoms with Crippen LogP contribution in [-0.4, -0.2) is 23.1 Å². The number of aromatic nitrogens is 2. The van der Waals surface area contributed by atoms with Crippen molar-refractivity contribution in [2.45, 2.75) is 27.2 Å². The largest absolute Gasteiger partial charge is 0.478 e. The molecule has 0 spiro atoms. The summed E-state index contributed by atoms with van der Waals surface area (Å²) in [5, 5.41) is 3.25. The minimum absolute atomic E-state index is 0.610. The highest BCUT2D eigenvalue weighted by Crippen LogP contribution is 2.12. The first-order valence-electron chi connectivity index (χ1n) is 6.95. The molecule has 0 fully saturated rings. The van der Waals surface area contributed by atoms with E-state index in [0.29, 0.717) is 18.4 Å². The van der Waals surface area contributed by atoms with Crippen molar-refractivity contribution in [1.82, 2.24) is 9.97 Å². The highest BCUT2D eigenvalue weighted by atomic mass is 16.5. The van der Waals surface area contributed by atoms with E-state index in [1.165, 1.54) is 11.1 Å². The third-order valence-corrected chi connectivity index (χ3v) is 2.90. The molecule has 4 heteroatoms. The zero-order valence-corrected chi connectivity index (χ0v) is 12.3. The van der Waals surface area contributed by atoms with Crippen LogP contribution in [-0.2, 0) is 6.42 Å². The van der Waals surface area contributed by atoms with Crippen LogP contribution in [0.5, 0.6) is 5.88 Å². The van der Waals surface area contributed by atoms with Gasteiger partial charge in [0.25, 0.3) is 0 Å². The highest BCUT2D eigenvalue weighted by molar-refractivity contribution is 5.31. The minimum atomic E-state index is 0.610. The molecule has 2 aromatic rings. The van der Waals surface area contributed by atoms with Crippen LogP contribution in [0.25, 0.3) is 0 Å². The molecule has 1 N–H and O–H groups in total. The predicted octanol–water partition coefficient (Wildman–Crippen LogP) is 3.15. The second kappa shape index (κ2) is 6.89. The Labute approximate surface area is 120 Å². The molecule has 0 radical (unpaired) electrons. The van der Waals surface area contributed by atoms with E-state index in [2.05, 4.69) is 46.5 Å². The van der Waals surface area contributed by atoms with Crippen LogP contribution in [0.2, 0.25) is 0 Å². The van der Waals surface area contributed by atoms with Crippen molar-refractivity contribution in [2.24, 2.45) is 0 Å². The molecule has 1 aromatic carbocycles. The number of rotatable bonds is 6. The number of hydrogen-bond acceptors (Lipinski definition) is 4. The average molecular weight is 271 g/mol. The van der Waals surface area contributed by atoms with E-state index in [0.717, 1.165) is 18.7 Å². The fourth-order valence-corrected chi connectivity index (χ4v) is 2.03. The number of nitrogens with one attached hydrogen (secondary N) is 1. The first kappa shape index (κ1) is 14.3. The summed E-state index contributed by atoms with van der Waals surface area (Å²) in [7, 11) is 0. The summed E-state index contributed by atoms with van der Waals surface area (Å²) < 4.78 is 5.42. The van der Waals surface area contributed by atoms with Gasteiger partial charge in [0.2, 0.25) is 11.8 Å². The molecule has 106 valence electrons. The van der Waals surface area contributed by atoms with Crippen LogP contribution in [0, 0.1) is 13.8 Å². The average Bonchev–Trinajstić information content (AvgIpc) is 2.38. The van der Waals surface area contributed by atoms with Crippen molar-refractivity contribution in [2.75, 3.05) is 18.5 Å². The van der Waals surface area contributed by atoms with Crippen LogP contribution in [0.3, 0.4) is 0 Å². The molecule has 0 aliphatic rings. The van der Waals surface area contributed by atoms with Crippen LogP contribution < -0.4 is 10.1 Å². The van der Waals surface area contributed by atoms with Gasteiger partial charge in [-0.15, -0.1) is 0 Å². The summed E-state index contributed by atoms with van der Waals surface area (Å²) in [5.41, 5.74) is 3.50. The molecule has 0 bridgehead atoms. The van der Waals surface area contributed by atoms with E-state index in [1.54, 1.807) is 0 Å². The van der Waals surface area contributed by atoms with Crippen molar-refractivity contribution in [3.63, 3.8) is 0 Å². The minimum Gasteiger partial charge on any atom is -0.478 e. The van der Waals surface area contributed by atoms with Gasteiger partial charge in [0.05, 0.1) is 6.61 Å². The Bertz CT molecular complexity index is 569. The Hall–Kier alpha value is -2.10. The van der Waals surface area contributed by atoms with Crippen LogP contribution in [0.1, 0.15) is 23.7 Å². The first-order valence-corrected chi connectivity index (χ1v) is 6.95. The van der Waals surface area contributed by atoms with Crippen molar-refractivity contribution in [3.8, 4) is 5.88 Å². The Morgan fingerprint density at radius 2 is 2.00 bits per heavy atom. The highest BCUT2D eigenvalue weighted by Gasteiger charge is 2.02. The van der Waals surface area contributed by atoms with Gasteiger partial charge in [0.15, 0.2) is 0 Å². The lowest BCUT2D eigenvalue weighted by Gasteiger charge is -2.08. The molecular weight excluding hydrogens is 250 g/mol. The van der Waals surface area contributed by atoms with Crippen molar-refractivity contribution >= 4 is 5.95 Å². The fraction of sp³-hybridized carbons (Fsp3) is 0.375. The maximum atomic E-state index is 5.42. The van der Waals surface area contributed by atoms with Gasteiger partial charge in [-0.1, -0.05) is 29.8 Å². The Morgan fingerprint density at radius 3 is 2.75 bits per heavy atom. The molecule has 0 saturated carbocycles. The maximum absolute atomic E-state index is 5.42. The SMILES string of the molecule is CCOc1cc(C)nc(NCCc2cccc(C)c2)n1. The molecule has 0 aliphatic heterocycles. The number of aryl methyl sites for hydroxylation is 2. The lowest BCUT2D eigenvalue weighted by atomic mass is 10.1. The van der Waals surface area contributed by atoms with Crippen molar-refractivity contribution < 1.29 is 4.74 Å². The maximum Gasteiger partial charge on any atom is 0.226 e. The molecular formula is C16H21N3O. The molecule has 4 nitrogen and oxygen atoms in total. The molecule has 0 atom stereocenters. The molecule has 20 heavy (non-hydrogen) atoms. The zero-order chi connectivity index (χ0) is 14.4. The van der Waals surface area contributed by atoms with Gasteiger partial charge < -0.3 is 10.1 Å². The van der Waals surface area contributed by atoms with Gasteiger partial charge in [-0.2, -0.15) is 4.98 Å². The van der Waals surface area contributed by atoms with Gasteiger partial charge >= 0.3 is 0 Å². The number of ether oxygens (including phenoxy) is 1. The summed E-state index contributed by atoms with van der Waals surface area (Å²) in [6, 6.07) is 10.4. The van der Waals surface area contributed by atoms with E-state index >= 15 is 0 Å². The molecule has 0 unspecified atom stereocenters. The monoisotopic (exact) mass is 271 g/mol. The van der Waals surface area contributed by atoms with E-state index in [4.69, 9.17) is 4.74 Å². The summed E-state index contributed by atoms with van der Waals surface area (Å²) in [6.07, 6.45) is 0.947. The van der Waals surface area contributed by atoms with E-state index in [-0.39, 0.29) is 0 Å². The van der Waals surface area contributed by atoms with Gasteiger partial charge in [-0.05, 0) is 32.8 Å². The topological polar surface area (TPSA) is 47.0 Å². The normalized spacial score (nSPS) is 10.3. The third kappa shape index (κ3) is 4.23. The summed E-state index contributed by atoms with van der Waals surface area (Å²) in [5.74, 6) is 1.25. The van der Waals surface area contributed by atoms with Crippen LogP contribution in [0.4, 0.5) is 5.95 Å². The molecule has 0 amide bonds. The molecule has 1 aromatic heterocycles. The zero-order valence-electron chi connectivity index (χ0n) is 12.3. The van der Waals surface area contributed by atoms with Gasteiger partial charge in [0, 0.05) is 18.3 Å². The smallest absolute Gasteiger partial charge is 0.226 e. The summed E-state index contributed by atoms with van der Waals surface area (Å²) in [4.78, 5) is 8.69. The Morgan fingerprint density at radius 1 is 1.15 bits per heavy atom. The summed E-state index contributed by atoms with van der Waals surface area (Å²) in [6.45, 7) is 7.41. The van der Waals surface area contributed by atoms with E-state index < -0.39 is 0 Å². The second-order valence-electron chi connectivity index (χ2n) is 4.77. The predicted molar refractivity (Wildman–Crippen MR) is 81.3 cm³/mol. The van der Waals surface area contributed by atoms with Gasteiger partial charge in [-0.3, -0.25) is 0 Å². The molecule has 1 heterocycles. The molecule has 0 aliphatic carbocycles. The van der Waals surface area contributed by atoms with Crippen LogP contribution in [0.15, 0.2) is 30.3 Å². The number of anilines is 1. The Kier molecular flexibility index (Phi) is 4.93. The lowest BCUT2D eigenvalue weighted by Crippen LogP contribution is -2.09. The fourth-order valence-electron chi connectivity index (χ4n) is 2.03. The standard InChI is InChI=1S/C16H21N3O/c1-4-20-15-11-13(3)18-16(19-15)17-9-8-14-7-5-6-12(2)10-14/h5-7,10-11H,4,8-9H2,1-3H3,(H,17,18,19). The number of benzene rings is 1. The third-order valence-electron chi connectivity index (χ3n) is 2.90. The molecule has 2 rings (SSSR count). The Balaban J connectivity index is 1.93. The molecule has 0 saturated heterocycles. The summed E-state index contributed by atoms with van der Waals surface area (Å²) >= 11 is 0. The number of hydrogen-bond donors (Lipinski definition) is 1. The number of nitrogens with zero attached hydrogens (tertiary/aromatic N) is 2. The lowest BCUT2D eigenvalue weighted by molar-refractivity contribution is 0.326. The van der Waals surface area contributed by atoms with E-state index in [1.807, 2.05) is 19.9 Å². The van der Waals surface area contributed by atoms with Gasteiger partial charge in [0.1, 0.15) is 0 Å². The quantitative estimate of drug-likeness (QED) is 0.876. The second-order valence-corrected chi connectivity index (χ2v) is 4.77. The van der Waals surface area contributed by atoms with Crippen molar-refractivity contribution in [1.29, 1.82) is 0 Å². The van der Waals surface area contributed by atoms with Gasteiger partial charge in [-0.25, -0.2) is 4.98 Å². The van der Waals surface area contributed by atoms with Crippen molar-refractivity contribution in [3.05, 3.63) is 47.2 Å². The van der Waals surface area contributed by atoms with Crippen LogP contribution >= 0.6 is 0 Å². The first-order chi connectivity index (χ1) is 9.67.